The Balaban J connectivity index is 2.50. The number of nitrogen functional groups attached to an aromatic ring is 1. The highest BCUT2D eigenvalue weighted by Crippen LogP contribution is 2.30. The van der Waals surface area contributed by atoms with Crippen LogP contribution in [-0.2, 0) is 0 Å². The van der Waals surface area contributed by atoms with E-state index in [-0.39, 0.29) is 23.1 Å². The van der Waals surface area contributed by atoms with Gasteiger partial charge in [0.15, 0.2) is 0 Å². The van der Waals surface area contributed by atoms with E-state index < -0.39 is 10.7 Å². The van der Waals surface area contributed by atoms with E-state index in [1.54, 1.807) is 0 Å². The van der Waals surface area contributed by atoms with Crippen LogP contribution in [0.5, 0.6) is 0 Å². The van der Waals surface area contributed by atoms with Crippen LogP contribution in [0.4, 0.5) is 27.5 Å². The summed E-state index contributed by atoms with van der Waals surface area (Å²) in [4.78, 5) is 18.1. The first-order valence-electron chi connectivity index (χ1n) is 5.39. The second-order valence-electron chi connectivity index (χ2n) is 3.87. The van der Waals surface area contributed by atoms with E-state index in [4.69, 9.17) is 5.73 Å². The highest BCUT2D eigenvalue weighted by molar-refractivity contribution is 14.1. The molecule has 7 nitrogen and oxygen atoms in total. The maximum Gasteiger partial charge on any atom is 0.332 e. The first-order chi connectivity index (χ1) is 9.38. The summed E-state index contributed by atoms with van der Waals surface area (Å²) in [6.07, 6.45) is 0. The molecule has 0 saturated carbocycles. The topological polar surface area (TPSA) is 107 Å². The van der Waals surface area contributed by atoms with Crippen LogP contribution in [0.3, 0.4) is 0 Å². The number of anilines is 3. The molecule has 2 aromatic rings. The third-order valence-electron chi connectivity index (χ3n) is 2.44. The van der Waals surface area contributed by atoms with Gasteiger partial charge in [-0.2, -0.15) is 4.98 Å². The zero-order valence-electron chi connectivity index (χ0n) is 10.2. The summed E-state index contributed by atoms with van der Waals surface area (Å²) in [6.45, 7) is 1.47. The molecule has 0 unspecified atom stereocenters. The first kappa shape index (κ1) is 14.4. The molecule has 0 aliphatic heterocycles. The molecule has 0 amide bonds. The fourth-order valence-electron chi connectivity index (χ4n) is 1.61. The zero-order valence-corrected chi connectivity index (χ0v) is 12.4. The monoisotopic (exact) mass is 389 g/mol. The van der Waals surface area contributed by atoms with Gasteiger partial charge >= 0.3 is 5.69 Å². The fraction of sp³-hybridized carbons (Fsp3) is 0.0909. The van der Waals surface area contributed by atoms with Crippen molar-refractivity contribution in [2.24, 2.45) is 0 Å². The van der Waals surface area contributed by atoms with Gasteiger partial charge in [-0.25, -0.2) is 9.37 Å². The molecule has 0 saturated heterocycles. The predicted molar refractivity (Wildman–Crippen MR) is 80.2 cm³/mol. The summed E-state index contributed by atoms with van der Waals surface area (Å²) in [5.41, 5.74) is 5.88. The van der Waals surface area contributed by atoms with Gasteiger partial charge in [0.25, 0.3) is 0 Å². The summed E-state index contributed by atoms with van der Waals surface area (Å²) in [5, 5.41) is 13.9. The molecule has 20 heavy (non-hydrogen) atoms. The van der Waals surface area contributed by atoms with Crippen LogP contribution in [0.25, 0.3) is 0 Å². The Labute approximate surface area is 126 Å². The number of nitrogens with zero attached hydrogens (tertiary/aromatic N) is 3. The van der Waals surface area contributed by atoms with E-state index in [0.29, 0.717) is 9.26 Å². The number of nitrogens with two attached hydrogens (primary N) is 1. The molecule has 104 valence electrons. The van der Waals surface area contributed by atoms with Crippen molar-refractivity contribution >= 4 is 45.7 Å². The summed E-state index contributed by atoms with van der Waals surface area (Å²) in [5.74, 6) is -0.495. The van der Waals surface area contributed by atoms with Gasteiger partial charge in [0.2, 0.25) is 11.8 Å². The van der Waals surface area contributed by atoms with Crippen LogP contribution in [-0.4, -0.2) is 14.9 Å². The molecule has 0 aliphatic carbocycles. The van der Waals surface area contributed by atoms with Crippen molar-refractivity contribution in [2.45, 2.75) is 6.92 Å². The van der Waals surface area contributed by atoms with E-state index in [0.717, 1.165) is 0 Å². The van der Waals surface area contributed by atoms with Crippen molar-refractivity contribution in [1.82, 2.24) is 9.97 Å². The van der Waals surface area contributed by atoms with Gasteiger partial charge in [0.05, 0.1) is 10.6 Å². The van der Waals surface area contributed by atoms with Crippen molar-refractivity contribution in [3.63, 3.8) is 0 Å². The van der Waals surface area contributed by atoms with Crippen LogP contribution < -0.4 is 11.1 Å². The summed E-state index contributed by atoms with van der Waals surface area (Å²) in [6, 6.07) is 4.01. The van der Waals surface area contributed by atoms with Crippen LogP contribution in [0.2, 0.25) is 0 Å². The number of halogens is 2. The van der Waals surface area contributed by atoms with E-state index >= 15 is 0 Å². The smallest absolute Gasteiger partial charge is 0.332 e. The molecule has 3 N–H and O–H groups in total. The maximum absolute atomic E-state index is 13.0. The van der Waals surface area contributed by atoms with Crippen molar-refractivity contribution in [3.8, 4) is 0 Å². The second-order valence-corrected chi connectivity index (χ2v) is 5.03. The molecule has 0 radical (unpaired) electrons. The average Bonchev–Trinajstić information content (AvgIpc) is 2.31. The lowest BCUT2D eigenvalue weighted by molar-refractivity contribution is -0.385. The zero-order chi connectivity index (χ0) is 14.9. The van der Waals surface area contributed by atoms with Gasteiger partial charge in [-0.05, 0) is 47.7 Å². The Hall–Kier alpha value is -2.04. The number of rotatable bonds is 3. The number of hydrogen-bond donors (Lipinski definition) is 2. The molecule has 0 bridgehead atoms. The number of benzene rings is 1. The number of hydrogen-bond acceptors (Lipinski definition) is 6. The lowest BCUT2D eigenvalue weighted by Gasteiger charge is -2.09. The quantitative estimate of drug-likeness (QED) is 0.475. The minimum atomic E-state index is -0.590. The van der Waals surface area contributed by atoms with Gasteiger partial charge in [-0.3, -0.25) is 10.1 Å². The molecular weight excluding hydrogens is 380 g/mol. The molecule has 2 rings (SSSR count). The number of aryl methyl sites for hydroxylation is 1. The second kappa shape index (κ2) is 5.53. The first-order valence-corrected chi connectivity index (χ1v) is 6.47. The molecule has 1 aromatic carbocycles. The summed E-state index contributed by atoms with van der Waals surface area (Å²) < 4.78 is 13.6. The normalized spacial score (nSPS) is 10.3. The molecular formula is C11H9FIN5O2. The van der Waals surface area contributed by atoms with Crippen LogP contribution in [0.1, 0.15) is 5.69 Å². The largest absolute Gasteiger partial charge is 0.368 e. The van der Waals surface area contributed by atoms with Crippen molar-refractivity contribution in [1.29, 1.82) is 0 Å². The Morgan fingerprint density at radius 1 is 1.45 bits per heavy atom. The van der Waals surface area contributed by atoms with Crippen molar-refractivity contribution < 1.29 is 9.31 Å². The van der Waals surface area contributed by atoms with E-state index in [1.807, 2.05) is 22.6 Å². The average molecular weight is 389 g/mol. The number of nitro groups is 1. The Bertz CT molecular complexity index is 695. The lowest BCUT2D eigenvalue weighted by atomic mass is 10.3. The van der Waals surface area contributed by atoms with Crippen molar-refractivity contribution in [3.05, 3.63) is 43.4 Å². The predicted octanol–water partition coefficient (Wildman–Crippen LogP) is 2.76. The molecule has 0 spiro atoms. The SMILES string of the molecule is Cc1nc(N)nc(Nc2ccc(F)cc2I)c1[N+](=O)[O-]. The third-order valence-corrected chi connectivity index (χ3v) is 3.33. The molecule has 1 heterocycles. The van der Waals surface area contributed by atoms with Gasteiger partial charge in [-0.1, -0.05) is 0 Å². The van der Waals surface area contributed by atoms with Crippen molar-refractivity contribution in [2.75, 3.05) is 11.1 Å². The molecule has 9 heteroatoms. The van der Waals surface area contributed by atoms with Gasteiger partial charge < -0.3 is 11.1 Å². The molecule has 0 fully saturated rings. The standard InChI is InChI=1S/C11H9FIN5O2/c1-5-9(18(19)20)10(17-11(14)15-5)16-8-3-2-6(12)4-7(8)13/h2-4H,1H3,(H3,14,15,16,17). The Kier molecular flexibility index (Phi) is 3.97. The van der Waals surface area contributed by atoms with Gasteiger partial charge in [0.1, 0.15) is 11.5 Å². The van der Waals surface area contributed by atoms with Crippen LogP contribution >= 0.6 is 22.6 Å². The highest BCUT2D eigenvalue weighted by Gasteiger charge is 2.22. The Morgan fingerprint density at radius 2 is 2.15 bits per heavy atom. The maximum atomic E-state index is 13.0. The number of nitrogens with one attached hydrogen (secondary N) is 1. The minimum absolute atomic E-state index is 0.0236. The summed E-state index contributed by atoms with van der Waals surface area (Å²) in [7, 11) is 0. The highest BCUT2D eigenvalue weighted by atomic mass is 127. The fourth-order valence-corrected chi connectivity index (χ4v) is 2.22. The van der Waals surface area contributed by atoms with E-state index in [9.17, 15) is 14.5 Å². The van der Waals surface area contributed by atoms with E-state index in [1.165, 1.54) is 25.1 Å². The lowest BCUT2D eigenvalue weighted by Crippen LogP contribution is -2.07. The third kappa shape index (κ3) is 2.92. The van der Waals surface area contributed by atoms with Crippen LogP contribution in [0.15, 0.2) is 18.2 Å². The van der Waals surface area contributed by atoms with E-state index in [2.05, 4.69) is 15.3 Å². The molecule has 0 atom stereocenters. The van der Waals surface area contributed by atoms with Crippen LogP contribution in [0, 0.1) is 26.4 Å². The Morgan fingerprint density at radius 3 is 2.75 bits per heavy atom. The minimum Gasteiger partial charge on any atom is -0.368 e. The van der Waals surface area contributed by atoms with Gasteiger partial charge in [-0.15, -0.1) is 0 Å². The molecule has 0 aliphatic rings. The molecule has 1 aromatic heterocycles. The number of aromatic nitrogens is 2. The van der Waals surface area contributed by atoms with Gasteiger partial charge in [0, 0.05) is 3.57 Å². The summed E-state index contributed by atoms with van der Waals surface area (Å²) >= 11 is 1.91.